The molecule has 45 heavy (non-hydrogen) atoms. The number of rotatable bonds is 10. The summed E-state index contributed by atoms with van der Waals surface area (Å²) in [6, 6.07) is 0. The molecule has 5 fully saturated rings. The maximum atomic E-state index is 17.1. The van der Waals surface area contributed by atoms with E-state index in [1.165, 1.54) is 12.2 Å². The molecule has 6 rings (SSSR count). The third kappa shape index (κ3) is 5.21. The van der Waals surface area contributed by atoms with Crippen molar-refractivity contribution in [2.45, 2.75) is 94.3 Å². The Balaban J connectivity index is 0.925. The Labute approximate surface area is 262 Å². The highest BCUT2D eigenvalue weighted by Gasteiger charge is 2.71. The maximum absolute atomic E-state index is 17.1. The number of amides is 3. The van der Waals surface area contributed by atoms with Crippen LogP contribution >= 0.6 is 0 Å². The number of nitrogens with one attached hydrogen (secondary N) is 2. The number of piperidine rings is 1. The van der Waals surface area contributed by atoms with Crippen LogP contribution in [0.25, 0.3) is 0 Å². The Hall–Kier alpha value is -2.51. The first kappa shape index (κ1) is 32.4. The molecule has 6 aliphatic rings. The molecule has 0 radical (unpaired) electrons. The smallest absolute Gasteiger partial charge is 0.258 e. The second kappa shape index (κ2) is 11.9. The Morgan fingerprint density at radius 3 is 2.60 bits per heavy atom. The van der Waals surface area contributed by atoms with Crippen LogP contribution in [0.4, 0.5) is 4.39 Å². The molecule has 2 heterocycles. The first-order chi connectivity index (χ1) is 21.3. The summed E-state index contributed by atoms with van der Waals surface area (Å²) in [5, 5.41) is 28.2. The van der Waals surface area contributed by atoms with E-state index in [1.54, 1.807) is 13.0 Å². The van der Waals surface area contributed by atoms with Crippen LogP contribution in [0.15, 0.2) is 23.8 Å². The van der Waals surface area contributed by atoms with Gasteiger partial charge in [-0.3, -0.25) is 24.5 Å². The SMILES string of the molecule is C[C@@H]1C[C@H]2[C@H](C[C@H](O)[C@@]3(F)[C@H]2CCC2=CC(=O)C=C[C@@]23C)[C@@]1(O)C(=O)NCCOCCOCC[C@H]1C[C@]2(CCC(=O)NC2=O)O1. The monoisotopic (exact) mass is 632 g/mol. The van der Waals surface area contributed by atoms with Crippen molar-refractivity contribution < 1.29 is 48.0 Å². The largest absolute Gasteiger partial charge is 0.390 e. The van der Waals surface area contributed by atoms with Gasteiger partial charge in [-0.1, -0.05) is 18.6 Å². The first-order valence-electron chi connectivity index (χ1n) is 16.3. The Bertz CT molecular complexity index is 1300. The zero-order valence-corrected chi connectivity index (χ0v) is 26.0. The summed E-state index contributed by atoms with van der Waals surface area (Å²) in [6.07, 6.45) is 6.33. The Morgan fingerprint density at radius 2 is 1.87 bits per heavy atom. The van der Waals surface area contributed by atoms with Gasteiger partial charge in [0.05, 0.1) is 32.0 Å². The number of aliphatic hydroxyl groups is 2. The van der Waals surface area contributed by atoms with E-state index >= 15 is 4.39 Å². The molecule has 2 saturated heterocycles. The third-order valence-corrected chi connectivity index (χ3v) is 11.8. The van der Waals surface area contributed by atoms with Gasteiger partial charge in [-0.05, 0) is 69.4 Å². The van der Waals surface area contributed by atoms with Crippen molar-refractivity contribution in [1.82, 2.24) is 10.6 Å². The molecule has 3 saturated carbocycles. The molecule has 0 aromatic rings. The number of hydrogen-bond acceptors (Lipinski definition) is 9. The molecule has 3 amide bonds. The minimum absolute atomic E-state index is 0.0375. The molecule has 2 aliphatic heterocycles. The number of alkyl halides is 1. The average Bonchev–Trinajstić information content (AvgIpc) is 3.23. The summed E-state index contributed by atoms with van der Waals surface area (Å²) in [5.74, 6) is -3.14. The lowest BCUT2D eigenvalue weighted by atomic mass is 9.48. The number of carbonyl (C=O) groups excluding carboxylic acids is 4. The lowest BCUT2D eigenvalue weighted by molar-refractivity contribution is -0.219. The highest BCUT2D eigenvalue weighted by atomic mass is 19.1. The predicted octanol–water partition coefficient (Wildman–Crippen LogP) is 1.45. The van der Waals surface area contributed by atoms with Gasteiger partial charge in [0.25, 0.3) is 11.8 Å². The van der Waals surface area contributed by atoms with Crippen LogP contribution in [0, 0.1) is 29.1 Å². The molecule has 0 bridgehead atoms. The second-order valence-electron chi connectivity index (χ2n) is 14.1. The van der Waals surface area contributed by atoms with E-state index in [4.69, 9.17) is 14.2 Å². The van der Waals surface area contributed by atoms with E-state index in [-0.39, 0.29) is 55.6 Å². The number of fused-ring (bicyclic) bond motifs is 5. The number of imide groups is 1. The van der Waals surface area contributed by atoms with Crippen LogP contribution in [0.2, 0.25) is 0 Å². The molecule has 1 spiro atoms. The molecular weight excluding hydrogens is 587 g/mol. The standard InChI is InChI=1S/C33H45FN2O9/c1-19-15-23-24-4-3-20-16-21(37)5-8-30(20,2)33(24,34)26(38)17-25(23)32(19,42)29(41)35-10-12-44-14-13-43-11-7-22-18-31(45-22)9-6-27(39)36-28(31)40/h5,8,16,19,22-26,38,42H,3-4,6-7,9-15,17-18H2,1-2H3,(H,35,41)(H,36,39,40)/t19-,22+,23-,24+,25+,26+,30+,31+,32-,33+/m1/s1. The number of hydrogen-bond donors (Lipinski definition) is 4. The highest BCUT2D eigenvalue weighted by Crippen LogP contribution is 2.66. The number of ether oxygens (including phenoxy) is 3. The molecule has 0 unspecified atom stereocenters. The minimum Gasteiger partial charge on any atom is -0.390 e. The van der Waals surface area contributed by atoms with E-state index < -0.39 is 52.1 Å². The fraction of sp³-hybridized carbons (Fsp3) is 0.758. The second-order valence-corrected chi connectivity index (χ2v) is 14.1. The first-order valence-corrected chi connectivity index (χ1v) is 16.3. The summed E-state index contributed by atoms with van der Waals surface area (Å²) in [4.78, 5) is 48.8. The van der Waals surface area contributed by atoms with Crippen molar-refractivity contribution in [3.63, 3.8) is 0 Å². The van der Waals surface area contributed by atoms with E-state index in [2.05, 4.69) is 10.6 Å². The van der Waals surface area contributed by atoms with E-state index in [0.717, 1.165) is 0 Å². The van der Waals surface area contributed by atoms with E-state index in [9.17, 15) is 29.4 Å². The van der Waals surface area contributed by atoms with Crippen LogP contribution in [-0.4, -0.2) is 95.8 Å². The van der Waals surface area contributed by atoms with Crippen LogP contribution in [-0.2, 0) is 33.4 Å². The van der Waals surface area contributed by atoms with Crippen LogP contribution < -0.4 is 10.6 Å². The number of ketones is 1. The van der Waals surface area contributed by atoms with Crippen LogP contribution in [0.3, 0.4) is 0 Å². The van der Waals surface area contributed by atoms with Crippen molar-refractivity contribution in [1.29, 1.82) is 0 Å². The van der Waals surface area contributed by atoms with Crippen LogP contribution in [0.5, 0.6) is 0 Å². The third-order valence-electron chi connectivity index (χ3n) is 11.8. The highest BCUT2D eigenvalue weighted by molar-refractivity contribution is 6.02. The minimum atomic E-state index is -1.99. The van der Waals surface area contributed by atoms with Crippen molar-refractivity contribution in [2.24, 2.45) is 29.1 Å². The van der Waals surface area contributed by atoms with Gasteiger partial charge >= 0.3 is 0 Å². The van der Waals surface area contributed by atoms with Crippen molar-refractivity contribution in [3.8, 4) is 0 Å². The van der Waals surface area contributed by atoms with Crippen molar-refractivity contribution in [3.05, 3.63) is 23.8 Å². The van der Waals surface area contributed by atoms with Gasteiger partial charge < -0.3 is 29.7 Å². The van der Waals surface area contributed by atoms with Gasteiger partial charge in [0.1, 0.15) is 11.2 Å². The van der Waals surface area contributed by atoms with Gasteiger partial charge in [-0.2, -0.15) is 0 Å². The van der Waals surface area contributed by atoms with Gasteiger partial charge in [0.15, 0.2) is 11.5 Å². The average molecular weight is 633 g/mol. The fourth-order valence-electron chi connectivity index (χ4n) is 9.30. The summed E-state index contributed by atoms with van der Waals surface area (Å²) >= 11 is 0. The molecule has 11 nitrogen and oxygen atoms in total. The normalized spacial score (nSPS) is 43.6. The van der Waals surface area contributed by atoms with E-state index in [1.807, 2.05) is 6.92 Å². The lowest BCUT2D eigenvalue weighted by Crippen LogP contribution is -2.66. The molecule has 4 N–H and O–H groups in total. The zero-order chi connectivity index (χ0) is 32.2. The molecular formula is C33H45FN2O9. The van der Waals surface area contributed by atoms with Crippen molar-refractivity contribution in [2.75, 3.05) is 33.0 Å². The molecule has 12 heteroatoms. The fourth-order valence-corrected chi connectivity index (χ4v) is 9.30. The van der Waals surface area contributed by atoms with Gasteiger partial charge in [0.2, 0.25) is 5.91 Å². The van der Waals surface area contributed by atoms with Gasteiger partial charge in [0, 0.05) is 43.2 Å². The predicted molar refractivity (Wildman–Crippen MR) is 157 cm³/mol. The number of aliphatic hydroxyl groups excluding tert-OH is 1. The number of allylic oxidation sites excluding steroid dienone is 4. The molecule has 248 valence electrons. The summed E-state index contributed by atoms with van der Waals surface area (Å²) in [6.45, 7) is 5.04. The number of carbonyl (C=O) groups is 4. The van der Waals surface area contributed by atoms with Gasteiger partial charge in [-0.25, -0.2) is 4.39 Å². The molecule has 10 atom stereocenters. The quantitative estimate of drug-likeness (QED) is 0.206. The van der Waals surface area contributed by atoms with Crippen molar-refractivity contribution >= 4 is 23.5 Å². The lowest BCUT2D eigenvalue weighted by Gasteiger charge is -2.59. The Kier molecular flexibility index (Phi) is 8.60. The van der Waals surface area contributed by atoms with E-state index in [0.29, 0.717) is 63.9 Å². The molecule has 0 aromatic carbocycles. The molecule has 0 aromatic heterocycles. The summed E-state index contributed by atoms with van der Waals surface area (Å²) < 4.78 is 34.1. The maximum Gasteiger partial charge on any atom is 0.258 e. The number of halogens is 1. The zero-order valence-electron chi connectivity index (χ0n) is 26.0. The topological polar surface area (TPSA) is 160 Å². The van der Waals surface area contributed by atoms with Gasteiger partial charge in [-0.15, -0.1) is 0 Å². The summed E-state index contributed by atoms with van der Waals surface area (Å²) in [7, 11) is 0. The molecule has 4 aliphatic carbocycles. The van der Waals surface area contributed by atoms with Crippen LogP contribution in [0.1, 0.15) is 65.2 Å². The Morgan fingerprint density at radius 1 is 1.13 bits per heavy atom. The summed E-state index contributed by atoms with van der Waals surface area (Å²) in [5.41, 5.74) is -5.00.